The normalized spacial score (nSPS) is 16.8. The van der Waals surface area contributed by atoms with Gasteiger partial charge in [-0.1, -0.05) is 35.9 Å². The highest BCUT2D eigenvalue weighted by Crippen LogP contribution is 2.34. The van der Waals surface area contributed by atoms with Crippen LogP contribution < -0.4 is 9.47 Å². The first kappa shape index (κ1) is 31.4. The van der Waals surface area contributed by atoms with Gasteiger partial charge in [-0.15, -0.1) is 11.8 Å². The number of hydrogen-bond donors (Lipinski definition) is 1. The van der Waals surface area contributed by atoms with Crippen molar-refractivity contribution in [1.82, 2.24) is 4.90 Å². The van der Waals surface area contributed by atoms with Gasteiger partial charge in [-0.3, -0.25) is 4.79 Å². The molecular formula is C33H36ClNO6S. The Morgan fingerprint density at radius 3 is 2.19 bits per heavy atom. The summed E-state index contributed by atoms with van der Waals surface area (Å²) >= 11 is 7.57. The van der Waals surface area contributed by atoms with Crippen molar-refractivity contribution in [3.8, 4) is 11.5 Å². The fraction of sp³-hybridized carbons (Fsp3) is 0.364. The van der Waals surface area contributed by atoms with E-state index in [9.17, 15) is 19.5 Å². The summed E-state index contributed by atoms with van der Waals surface area (Å²) < 4.78 is 11.4. The van der Waals surface area contributed by atoms with Crippen LogP contribution in [0.5, 0.6) is 11.5 Å². The van der Waals surface area contributed by atoms with Crippen LogP contribution in [0.4, 0.5) is 4.79 Å². The molecule has 3 aromatic rings. The minimum atomic E-state index is -1.35. The van der Waals surface area contributed by atoms with Crippen molar-refractivity contribution in [2.24, 2.45) is 11.8 Å². The molecule has 7 nitrogen and oxygen atoms in total. The molecule has 1 aliphatic heterocycles. The van der Waals surface area contributed by atoms with Crippen molar-refractivity contribution in [3.63, 3.8) is 0 Å². The van der Waals surface area contributed by atoms with E-state index in [1.165, 1.54) is 13.8 Å². The van der Waals surface area contributed by atoms with Gasteiger partial charge in [0.2, 0.25) is 0 Å². The number of nitrogens with zero attached hydrogens (tertiary/aromatic N) is 1. The highest BCUT2D eigenvalue weighted by Gasteiger charge is 2.40. The van der Waals surface area contributed by atoms with E-state index in [0.29, 0.717) is 41.5 Å². The molecule has 0 spiro atoms. The van der Waals surface area contributed by atoms with Gasteiger partial charge in [-0.25, -0.2) is 9.59 Å². The summed E-state index contributed by atoms with van der Waals surface area (Å²) in [5.41, 5.74) is 2.03. The molecule has 0 aliphatic carbocycles. The number of rotatable bonds is 10. The molecule has 222 valence electrons. The second kappa shape index (κ2) is 13.2. The molecule has 3 aromatic carbocycles. The number of likely N-dealkylation sites (tertiary alicyclic amines) is 1. The summed E-state index contributed by atoms with van der Waals surface area (Å²) in [6, 6.07) is 18.2. The first-order valence-corrected chi connectivity index (χ1v) is 15.4. The lowest BCUT2D eigenvalue weighted by Crippen LogP contribution is -2.38. The molecule has 4 rings (SSSR count). The zero-order valence-electron chi connectivity index (χ0n) is 24.5. The number of benzene rings is 3. The van der Waals surface area contributed by atoms with E-state index in [0.717, 1.165) is 21.6 Å². The molecule has 42 heavy (non-hydrogen) atoms. The number of carboxylic acid groups (broad SMARTS) is 1. The number of carbonyl (C=O) groups is 3. The second-order valence-corrected chi connectivity index (χ2v) is 12.5. The van der Waals surface area contributed by atoms with Crippen molar-refractivity contribution in [1.29, 1.82) is 0 Å². The van der Waals surface area contributed by atoms with E-state index in [2.05, 4.69) is 0 Å². The number of ether oxygens (including phenoxy) is 2. The Morgan fingerprint density at radius 2 is 1.62 bits per heavy atom. The monoisotopic (exact) mass is 609 g/mol. The fourth-order valence-electron chi connectivity index (χ4n) is 5.24. The van der Waals surface area contributed by atoms with Gasteiger partial charge in [-0.2, -0.15) is 0 Å². The van der Waals surface area contributed by atoms with Crippen molar-refractivity contribution < 1.29 is 29.0 Å². The van der Waals surface area contributed by atoms with Crippen LogP contribution in [0.15, 0.2) is 65.6 Å². The third kappa shape index (κ3) is 7.47. The Morgan fingerprint density at radius 1 is 1.00 bits per heavy atom. The molecule has 1 heterocycles. The Hall–Kier alpha value is -3.49. The predicted molar refractivity (Wildman–Crippen MR) is 165 cm³/mol. The average Bonchev–Trinajstić information content (AvgIpc) is 3.39. The van der Waals surface area contributed by atoms with Gasteiger partial charge >= 0.3 is 12.1 Å². The third-order valence-electron chi connectivity index (χ3n) is 7.63. The van der Waals surface area contributed by atoms with Crippen LogP contribution in [0.2, 0.25) is 5.02 Å². The number of carbonyl (C=O) groups excluding carboxylic acids is 2. The van der Waals surface area contributed by atoms with Crippen molar-refractivity contribution in [2.75, 3.05) is 19.3 Å². The van der Waals surface area contributed by atoms with Gasteiger partial charge in [0, 0.05) is 34.5 Å². The quantitative estimate of drug-likeness (QED) is 0.188. The highest BCUT2D eigenvalue weighted by molar-refractivity contribution is 7.98. The zero-order chi connectivity index (χ0) is 30.6. The summed E-state index contributed by atoms with van der Waals surface area (Å²) in [5, 5.41) is 10.0. The number of aryl methyl sites for hydroxylation is 3. The van der Waals surface area contributed by atoms with Crippen molar-refractivity contribution >= 4 is 41.2 Å². The Balaban J connectivity index is 1.52. The summed E-state index contributed by atoms with van der Waals surface area (Å²) in [4.78, 5) is 41.1. The van der Waals surface area contributed by atoms with E-state index in [1.807, 2.05) is 56.5 Å². The maximum atomic E-state index is 13.7. The molecule has 1 aliphatic rings. The van der Waals surface area contributed by atoms with Crippen LogP contribution in [0, 0.1) is 25.7 Å². The van der Waals surface area contributed by atoms with Crippen molar-refractivity contribution in [3.05, 3.63) is 87.9 Å². The van der Waals surface area contributed by atoms with Gasteiger partial charge in [0.25, 0.3) is 0 Å². The van der Waals surface area contributed by atoms with Crippen molar-refractivity contribution in [2.45, 2.75) is 51.0 Å². The van der Waals surface area contributed by atoms with Crippen LogP contribution in [0.3, 0.4) is 0 Å². The lowest BCUT2D eigenvalue weighted by atomic mass is 9.84. The second-order valence-electron chi connectivity index (χ2n) is 11.2. The minimum absolute atomic E-state index is 0.0152. The fourth-order valence-corrected chi connectivity index (χ4v) is 5.78. The number of carboxylic acids is 1. The molecule has 2 atom stereocenters. The number of amides is 1. The van der Waals surface area contributed by atoms with E-state index in [1.54, 1.807) is 40.9 Å². The van der Waals surface area contributed by atoms with Crippen LogP contribution in [-0.2, 0) is 11.2 Å². The van der Waals surface area contributed by atoms with Gasteiger partial charge < -0.3 is 19.5 Å². The molecule has 1 saturated heterocycles. The van der Waals surface area contributed by atoms with Gasteiger partial charge in [0.15, 0.2) is 11.4 Å². The molecule has 1 N–H and O–H groups in total. The molecule has 9 heteroatoms. The average molecular weight is 610 g/mol. The summed E-state index contributed by atoms with van der Waals surface area (Å²) in [6.07, 6.45) is 2.86. The molecule has 0 unspecified atom stereocenters. The van der Waals surface area contributed by atoms with Crippen LogP contribution in [-0.4, -0.2) is 52.8 Å². The highest BCUT2D eigenvalue weighted by atomic mass is 35.5. The lowest BCUT2D eigenvalue weighted by molar-refractivity contribution is -0.152. The van der Waals surface area contributed by atoms with E-state index in [-0.39, 0.29) is 24.2 Å². The van der Waals surface area contributed by atoms with Crippen LogP contribution in [0.25, 0.3) is 0 Å². The molecule has 1 amide bonds. The van der Waals surface area contributed by atoms with Crippen LogP contribution in [0.1, 0.15) is 47.3 Å². The lowest BCUT2D eigenvalue weighted by Gasteiger charge is -2.25. The summed E-state index contributed by atoms with van der Waals surface area (Å²) in [6.45, 7) is 7.53. The van der Waals surface area contributed by atoms with E-state index >= 15 is 0 Å². The number of thioether (sulfide) groups is 1. The van der Waals surface area contributed by atoms with Gasteiger partial charge in [0.05, 0.1) is 0 Å². The minimum Gasteiger partial charge on any atom is -0.478 e. The molecule has 0 bridgehead atoms. The standard InChI is InChI=1S/C33H36ClNO6S/c1-20-16-22(17-21(2)30(20)41-33(3,4)31(37)38)6-7-24-18-35(32(39)40-26-12-10-25(34)11-13-26)19-28(24)29(36)23-8-14-27(42-5)15-9-23/h8-17,24,28H,6-7,18-19H2,1-5H3,(H,37,38)/t24-,28-/m1/s1. The molecule has 0 radical (unpaired) electrons. The first-order valence-electron chi connectivity index (χ1n) is 13.8. The molecule has 0 saturated carbocycles. The SMILES string of the molecule is CSc1ccc(C(=O)[C@@H]2CN(C(=O)Oc3ccc(Cl)cc3)C[C@H]2CCc2cc(C)c(OC(C)(C)C(=O)O)c(C)c2)cc1. The third-order valence-corrected chi connectivity index (χ3v) is 8.62. The number of hydrogen-bond acceptors (Lipinski definition) is 6. The topological polar surface area (TPSA) is 93.1 Å². The van der Waals surface area contributed by atoms with Crippen LogP contribution >= 0.6 is 23.4 Å². The molecular weight excluding hydrogens is 574 g/mol. The number of Topliss-reactive ketones (excluding diaryl/α,β-unsaturated/α-hetero) is 1. The number of halogens is 1. The largest absolute Gasteiger partial charge is 0.478 e. The maximum absolute atomic E-state index is 13.7. The first-order chi connectivity index (χ1) is 19.9. The molecule has 1 fully saturated rings. The van der Waals surface area contributed by atoms with Gasteiger partial charge in [0.1, 0.15) is 11.5 Å². The van der Waals surface area contributed by atoms with Gasteiger partial charge in [-0.05, 0) is 106 Å². The maximum Gasteiger partial charge on any atom is 0.415 e. The number of ketones is 1. The Labute approximate surface area is 256 Å². The smallest absolute Gasteiger partial charge is 0.415 e. The zero-order valence-corrected chi connectivity index (χ0v) is 26.1. The van der Waals surface area contributed by atoms with E-state index < -0.39 is 17.7 Å². The summed E-state index contributed by atoms with van der Waals surface area (Å²) in [5.74, 6) is -0.513. The Kier molecular flexibility index (Phi) is 9.89. The summed E-state index contributed by atoms with van der Waals surface area (Å²) in [7, 11) is 0. The predicted octanol–water partition coefficient (Wildman–Crippen LogP) is 7.48. The van der Waals surface area contributed by atoms with E-state index in [4.69, 9.17) is 21.1 Å². The number of aliphatic carboxylic acids is 1. The Bertz CT molecular complexity index is 1430. The molecule has 0 aromatic heterocycles.